The number of phenols is 2. The molecule has 10 N–H and O–H groups in total. The summed E-state index contributed by atoms with van der Waals surface area (Å²) in [6.45, 7) is 3.34. The fourth-order valence-electron chi connectivity index (χ4n) is 7.47. The van der Waals surface area contributed by atoms with E-state index in [9.17, 15) is 39.6 Å². The van der Waals surface area contributed by atoms with Gasteiger partial charge in [-0.1, -0.05) is 31.9 Å². The van der Waals surface area contributed by atoms with Crippen LogP contribution in [0, 0.1) is 5.92 Å². The Kier molecular flexibility index (Phi) is 11.5. The van der Waals surface area contributed by atoms with Crippen LogP contribution in [0.1, 0.15) is 121 Å². The smallest absolute Gasteiger partial charge is 0.240 e. The Morgan fingerprint density at radius 2 is 1.67 bits per heavy atom. The molecular weight excluding hydrogens is 662 g/mol. The summed E-state index contributed by atoms with van der Waals surface area (Å²) in [7, 11) is 1.35. The number of rotatable bonds is 12. The average Bonchev–Trinajstić information content (AvgIpc) is 3.10. The van der Waals surface area contributed by atoms with Crippen LogP contribution < -0.4 is 27.2 Å². The van der Waals surface area contributed by atoms with Gasteiger partial charge in [-0.25, -0.2) is 11.3 Å². The molecule has 6 atom stereocenters. The van der Waals surface area contributed by atoms with Crippen LogP contribution in [-0.4, -0.2) is 80.5 Å². The number of aliphatic hydroxyl groups is 2. The third-order valence-corrected chi connectivity index (χ3v) is 10.4. The Morgan fingerprint density at radius 1 is 1.00 bits per heavy atom. The first kappa shape index (κ1) is 37.8. The summed E-state index contributed by atoms with van der Waals surface area (Å²) in [5.41, 5.74) is 8.20. The van der Waals surface area contributed by atoms with Gasteiger partial charge in [0.1, 0.15) is 22.8 Å². The Morgan fingerprint density at radius 3 is 2.31 bits per heavy atom. The first-order chi connectivity index (χ1) is 24.2. The molecule has 2 aromatic rings. The normalized spacial score (nSPS) is 25.8. The second-order valence-corrected chi connectivity index (χ2v) is 13.9. The molecule has 0 spiro atoms. The number of hydrogen-bond acceptors (Lipinski definition) is 13. The van der Waals surface area contributed by atoms with E-state index in [4.69, 9.17) is 21.1 Å². The fourth-order valence-corrected chi connectivity index (χ4v) is 7.47. The number of benzene rings is 2. The highest BCUT2D eigenvalue weighted by Crippen LogP contribution is 2.52. The third kappa shape index (κ3) is 7.48. The molecule has 0 aliphatic heterocycles. The second kappa shape index (κ2) is 15.5. The van der Waals surface area contributed by atoms with E-state index in [-0.39, 0.29) is 71.2 Å². The van der Waals surface area contributed by atoms with E-state index < -0.39 is 70.1 Å². The molecule has 0 radical (unpaired) electrons. The maximum absolute atomic E-state index is 13.9. The SMILES string of the molecule is COc1cccc2c1C(=O)c1c(O)c3c(c(O)c1C2=O)CC(O)(C(C)=NNC(=O)CCCCCCC(=O)NN)CC3OC1CC(C)C(O)C(N)C1. The van der Waals surface area contributed by atoms with E-state index in [1.165, 1.54) is 32.2 Å². The van der Waals surface area contributed by atoms with Crippen LogP contribution in [0.25, 0.3) is 0 Å². The molecule has 1 fully saturated rings. The van der Waals surface area contributed by atoms with E-state index in [0.29, 0.717) is 32.1 Å². The summed E-state index contributed by atoms with van der Waals surface area (Å²) >= 11 is 0. The number of hydrazine groups is 1. The minimum absolute atomic E-state index is 0.00474. The van der Waals surface area contributed by atoms with Gasteiger partial charge in [0, 0.05) is 48.4 Å². The molecule has 5 rings (SSSR count). The quantitative estimate of drug-likeness (QED) is 0.0335. The minimum atomic E-state index is -1.84. The molecular formula is C36H47N5O10. The van der Waals surface area contributed by atoms with Crippen molar-refractivity contribution >= 4 is 29.1 Å². The van der Waals surface area contributed by atoms with Gasteiger partial charge in [-0.05, 0) is 44.6 Å². The number of fused-ring (bicyclic) bond motifs is 3. The maximum Gasteiger partial charge on any atom is 0.240 e. The first-order valence-electron chi connectivity index (χ1n) is 17.2. The van der Waals surface area contributed by atoms with Crippen LogP contribution in [0.3, 0.4) is 0 Å². The van der Waals surface area contributed by atoms with Crippen LogP contribution in [0.5, 0.6) is 17.2 Å². The molecule has 0 heterocycles. The van der Waals surface area contributed by atoms with Gasteiger partial charge in [-0.2, -0.15) is 5.10 Å². The van der Waals surface area contributed by atoms with Gasteiger partial charge in [-0.15, -0.1) is 0 Å². The first-order valence-corrected chi connectivity index (χ1v) is 17.2. The van der Waals surface area contributed by atoms with Crippen LogP contribution in [0.4, 0.5) is 0 Å². The number of methoxy groups -OCH3 is 1. The van der Waals surface area contributed by atoms with Crippen molar-refractivity contribution in [3.05, 3.63) is 51.6 Å². The number of ether oxygens (including phenoxy) is 2. The van der Waals surface area contributed by atoms with Crippen molar-refractivity contribution in [1.82, 2.24) is 10.9 Å². The topological polar surface area (TPSA) is 256 Å². The highest BCUT2D eigenvalue weighted by Gasteiger charge is 2.48. The van der Waals surface area contributed by atoms with Gasteiger partial charge in [0.25, 0.3) is 0 Å². The van der Waals surface area contributed by atoms with Gasteiger partial charge in [0.2, 0.25) is 17.6 Å². The molecule has 1 saturated carbocycles. The van der Waals surface area contributed by atoms with E-state index >= 15 is 0 Å². The predicted octanol–water partition coefficient (Wildman–Crippen LogP) is 1.93. The molecule has 3 aliphatic rings. The number of ketones is 2. The lowest BCUT2D eigenvalue weighted by Gasteiger charge is -2.43. The largest absolute Gasteiger partial charge is 0.507 e. The maximum atomic E-state index is 13.9. The summed E-state index contributed by atoms with van der Waals surface area (Å²) < 4.78 is 11.9. The van der Waals surface area contributed by atoms with E-state index in [1.807, 2.05) is 6.92 Å². The number of aliphatic hydroxyl groups excluding tert-OH is 1. The fraction of sp³-hybridized carbons (Fsp3) is 0.528. The number of amides is 2. The Balaban J connectivity index is 1.46. The molecule has 51 heavy (non-hydrogen) atoms. The molecule has 0 bridgehead atoms. The number of carbonyl (C=O) groups is 4. The number of nitrogens with zero attached hydrogens (tertiary/aromatic N) is 1. The molecule has 6 unspecified atom stereocenters. The molecule has 15 nitrogen and oxygen atoms in total. The molecule has 15 heteroatoms. The van der Waals surface area contributed by atoms with Crippen LogP contribution in [0.2, 0.25) is 0 Å². The van der Waals surface area contributed by atoms with Crippen molar-refractivity contribution in [3.8, 4) is 17.2 Å². The lowest BCUT2D eigenvalue weighted by molar-refractivity contribution is -0.122. The van der Waals surface area contributed by atoms with Crippen molar-refractivity contribution in [2.24, 2.45) is 22.6 Å². The summed E-state index contributed by atoms with van der Waals surface area (Å²) in [6, 6.07) is 3.89. The summed E-state index contributed by atoms with van der Waals surface area (Å²) in [5, 5.41) is 50.3. The zero-order chi connectivity index (χ0) is 37.2. The zero-order valence-corrected chi connectivity index (χ0v) is 29.0. The third-order valence-electron chi connectivity index (χ3n) is 10.4. The lowest BCUT2D eigenvalue weighted by Crippen LogP contribution is -2.49. The van der Waals surface area contributed by atoms with Gasteiger partial charge < -0.3 is 35.6 Å². The van der Waals surface area contributed by atoms with E-state index in [2.05, 4.69) is 16.0 Å². The predicted molar refractivity (Wildman–Crippen MR) is 184 cm³/mol. The van der Waals surface area contributed by atoms with Crippen molar-refractivity contribution in [1.29, 1.82) is 0 Å². The van der Waals surface area contributed by atoms with Crippen molar-refractivity contribution in [2.45, 2.75) is 108 Å². The standard InChI is InChI=1S/C36H47N5O10/c1-17-13-19(14-22(37)31(17)44)51-24-16-36(49,18(2)40-41-26(43)12-7-5-4-6-11-25(42)39-38)15-21-28(24)35(48)30-29(33(21)46)32(45)20-9-8-10-23(50-3)27(20)34(30)47/h8-10,17,19,22,24,31,44,46,48-49H,4-7,11-16,37-38H2,1-3H3,(H,39,42)(H,41,43). The number of phenolic OH excluding ortho intramolecular Hbond substituents is 2. The van der Waals surface area contributed by atoms with Crippen molar-refractivity contribution < 1.29 is 49.1 Å². The lowest BCUT2D eigenvalue weighted by atomic mass is 9.71. The number of hydrazone groups is 1. The molecule has 2 amide bonds. The van der Waals surface area contributed by atoms with E-state index in [0.717, 1.165) is 6.42 Å². The number of nitrogens with two attached hydrogens (primary N) is 2. The Bertz CT molecular complexity index is 1730. The summed E-state index contributed by atoms with van der Waals surface area (Å²) in [4.78, 5) is 51.7. The van der Waals surface area contributed by atoms with Crippen LogP contribution in [-0.2, 0) is 20.7 Å². The zero-order valence-electron chi connectivity index (χ0n) is 29.0. The highest BCUT2D eigenvalue weighted by atomic mass is 16.5. The van der Waals surface area contributed by atoms with Crippen molar-refractivity contribution in [2.75, 3.05) is 7.11 Å². The van der Waals surface area contributed by atoms with Gasteiger partial charge in [0.15, 0.2) is 5.78 Å². The van der Waals surface area contributed by atoms with Crippen molar-refractivity contribution in [3.63, 3.8) is 0 Å². The summed E-state index contributed by atoms with van der Waals surface area (Å²) in [6.07, 6.45) is 0.820. The average molecular weight is 710 g/mol. The second-order valence-electron chi connectivity index (χ2n) is 13.9. The number of nitrogens with one attached hydrogen (secondary N) is 2. The van der Waals surface area contributed by atoms with Gasteiger partial charge >= 0.3 is 0 Å². The highest BCUT2D eigenvalue weighted by molar-refractivity contribution is 6.31. The number of aromatic hydroxyl groups is 2. The number of unbranched alkanes of at least 4 members (excludes halogenated alkanes) is 3. The van der Waals surface area contributed by atoms with E-state index in [1.54, 1.807) is 0 Å². The Hall–Kier alpha value is -4.41. The minimum Gasteiger partial charge on any atom is -0.507 e. The molecule has 2 aromatic carbocycles. The molecule has 0 saturated heterocycles. The van der Waals surface area contributed by atoms with Crippen LogP contribution in [0.15, 0.2) is 23.3 Å². The van der Waals surface area contributed by atoms with Gasteiger partial charge in [-0.3, -0.25) is 24.6 Å². The molecule has 0 aromatic heterocycles. The molecule has 3 aliphatic carbocycles. The van der Waals surface area contributed by atoms with Crippen LogP contribution >= 0.6 is 0 Å². The summed E-state index contributed by atoms with van der Waals surface area (Å²) in [5.74, 6) is 1.78. The number of carbonyl (C=O) groups excluding carboxylic acids is 4. The number of hydrogen-bond donors (Lipinski definition) is 8. The Labute approximate surface area is 295 Å². The molecule has 276 valence electrons. The monoisotopic (exact) mass is 709 g/mol. The van der Waals surface area contributed by atoms with Gasteiger partial charge in [0.05, 0.1) is 47.8 Å².